The molecule has 110 valence electrons. The van der Waals surface area contributed by atoms with Gasteiger partial charge in [0.25, 0.3) is 0 Å². The lowest BCUT2D eigenvalue weighted by molar-refractivity contribution is -0.115. The number of hydrogen-bond acceptors (Lipinski definition) is 2. The number of aryl methyl sites for hydroxylation is 1. The third-order valence-corrected chi connectivity index (χ3v) is 3.67. The van der Waals surface area contributed by atoms with Crippen LogP contribution in [0, 0.1) is 11.6 Å². The number of aromatic nitrogens is 2. The number of carbonyl (C=O) groups is 1. The number of hydrogen-bond donors (Lipinski definition) is 1. The van der Waals surface area contributed by atoms with Gasteiger partial charge in [-0.25, -0.2) is 8.78 Å². The zero-order valence-electron chi connectivity index (χ0n) is 11.6. The Morgan fingerprint density at radius 2 is 2.05 bits per heavy atom. The summed E-state index contributed by atoms with van der Waals surface area (Å²) in [6.07, 6.45) is 1.12. The van der Waals surface area contributed by atoms with Crippen molar-refractivity contribution in [2.24, 2.45) is 0 Å². The second kappa shape index (κ2) is 5.27. The van der Waals surface area contributed by atoms with E-state index in [9.17, 15) is 13.6 Å². The van der Waals surface area contributed by atoms with E-state index in [1.165, 1.54) is 12.1 Å². The molecule has 1 N–H and O–H groups in total. The van der Waals surface area contributed by atoms with Crippen molar-refractivity contribution in [1.29, 1.82) is 0 Å². The van der Waals surface area contributed by atoms with Crippen molar-refractivity contribution in [3.05, 3.63) is 47.2 Å². The first-order valence-electron chi connectivity index (χ1n) is 6.90. The van der Waals surface area contributed by atoms with Gasteiger partial charge in [0.2, 0.25) is 5.91 Å². The molecular weight excluding hydrogens is 276 g/mol. The standard InChI is InChI=1S/C15H15F2N3O/c1-2-15(21)18-14-8-13-12(3-4-20(13)19-14)9-5-10(16)7-11(17)6-9/h5-8,12H,2-4H2,1H3,(H,18,19,21). The zero-order valence-corrected chi connectivity index (χ0v) is 11.6. The Kier molecular flexibility index (Phi) is 3.45. The molecule has 1 aliphatic heterocycles. The highest BCUT2D eigenvalue weighted by Crippen LogP contribution is 2.35. The predicted octanol–water partition coefficient (Wildman–Crippen LogP) is 3.05. The van der Waals surface area contributed by atoms with E-state index >= 15 is 0 Å². The quantitative estimate of drug-likeness (QED) is 0.944. The smallest absolute Gasteiger partial charge is 0.225 e. The molecule has 0 spiro atoms. The Balaban J connectivity index is 1.90. The molecule has 0 saturated carbocycles. The first-order valence-corrected chi connectivity index (χ1v) is 6.90. The summed E-state index contributed by atoms with van der Waals surface area (Å²) in [5, 5.41) is 6.99. The molecule has 0 aliphatic carbocycles. The summed E-state index contributed by atoms with van der Waals surface area (Å²) in [7, 11) is 0. The van der Waals surface area contributed by atoms with Crippen molar-refractivity contribution < 1.29 is 13.6 Å². The summed E-state index contributed by atoms with van der Waals surface area (Å²) in [6, 6.07) is 5.33. The van der Waals surface area contributed by atoms with E-state index in [4.69, 9.17) is 0 Å². The van der Waals surface area contributed by atoms with Crippen molar-refractivity contribution in [3.63, 3.8) is 0 Å². The summed E-state index contributed by atoms with van der Waals surface area (Å²) >= 11 is 0. The molecule has 2 aromatic rings. The third-order valence-electron chi connectivity index (χ3n) is 3.67. The monoisotopic (exact) mass is 291 g/mol. The van der Waals surface area contributed by atoms with Crippen LogP contribution in [0.3, 0.4) is 0 Å². The van der Waals surface area contributed by atoms with Gasteiger partial charge in [-0.2, -0.15) is 5.10 Å². The van der Waals surface area contributed by atoms with E-state index in [2.05, 4.69) is 10.4 Å². The molecule has 2 heterocycles. The Bertz CT molecular complexity index is 676. The van der Waals surface area contributed by atoms with E-state index in [1.807, 2.05) is 0 Å². The highest BCUT2D eigenvalue weighted by molar-refractivity contribution is 5.89. The molecule has 1 aromatic carbocycles. The minimum atomic E-state index is -0.581. The average molecular weight is 291 g/mol. The maximum Gasteiger partial charge on any atom is 0.225 e. The van der Waals surface area contributed by atoms with Gasteiger partial charge in [0.05, 0.1) is 0 Å². The van der Waals surface area contributed by atoms with Crippen LogP contribution in [0.25, 0.3) is 0 Å². The second-order valence-corrected chi connectivity index (χ2v) is 5.12. The van der Waals surface area contributed by atoms with Gasteiger partial charge < -0.3 is 5.32 Å². The van der Waals surface area contributed by atoms with Gasteiger partial charge >= 0.3 is 0 Å². The summed E-state index contributed by atoms with van der Waals surface area (Å²) in [5.41, 5.74) is 1.46. The maximum absolute atomic E-state index is 13.4. The van der Waals surface area contributed by atoms with E-state index in [0.29, 0.717) is 24.3 Å². The molecule has 0 bridgehead atoms. The minimum Gasteiger partial charge on any atom is -0.309 e. The SMILES string of the molecule is CCC(=O)Nc1cc2n(n1)CCC2c1cc(F)cc(F)c1. The van der Waals surface area contributed by atoms with E-state index < -0.39 is 11.6 Å². The molecule has 21 heavy (non-hydrogen) atoms. The van der Waals surface area contributed by atoms with Gasteiger partial charge in [0.1, 0.15) is 11.6 Å². The Hall–Kier alpha value is -2.24. The lowest BCUT2D eigenvalue weighted by Gasteiger charge is -2.09. The molecule has 0 fully saturated rings. The number of benzene rings is 1. The molecule has 3 rings (SSSR count). The first-order chi connectivity index (χ1) is 10.1. The molecule has 1 atom stereocenters. The minimum absolute atomic E-state index is 0.102. The van der Waals surface area contributed by atoms with Gasteiger partial charge in [0.15, 0.2) is 5.82 Å². The Morgan fingerprint density at radius 3 is 2.71 bits per heavy atom. The highest BCUT2D eigenvalue weighted by Gasteiger charge is 2.27. The lowest BCUT2D eigenvalue weighted by atomic mass is 9.95. The topological polar surface area (TPSA) is 46.9 Å². The van der Waals surface area contributed by atoms with Crippen LogP contribution in [-0.2, 0) is 11.3 Å². The van der Waals surface area contributed by atoms with Crippen LogP contribution < -0.4 is 5.32 Å². The third kappa shape index (κ3) is 2.66. The maximum atomic E-state index is 13.4. The van der Waals surface area contributed by atoms with Gasteiger partial charge in [0, 0.05) is 36.7 Å². The largest absolute Gasteiger partial charge is 0.309 e. The Morgan fingerprint density at radius 1 is 1.33 bits per heavy atom. The van der Waals surface area contributed by atoms with Crippen LogP contribution in [0.5, 0.6) is 0 Å². The van der Waals surface area contributed by atoms with Gasteiger partial charge in [-0.1, -0.05) is 6.92 Å². The van der Waals surface area contributed by atoms with Gasteiger partial charge in [-0.3, -0.25) is 9.48 Å². The fourth-order valence-electron chi connectivity index (χ4n) is 2.70. The van der Waals surface area contributed by atoms with E-state index in [1.54, 1.807) is 17.7 Å². The lowest BCUT2D eigenvalue weighted by Crippen LogP contribution is -2.10. The van der Waals surface area contributed by atoms with Crippen molar-refractivity contribution in [3.8, 4) is 0 Å². The second-order valence-electron chi connectivity index (χ2n) is 5.12. The van der Waals surface area contributed by atoms with Gasteiger partial charge in [-0.15, -0.1) is 0 Å². The van der Waals surface area contributed by atoms with Crippen LogP contribution >= 0.6 is 0 Å². The number of carbonyl (C=O) groups excluding carboxylic acids is 1. The fraction of sp³-hybridized carbons (Fsp3) is 0.333. The van der Waals surface area contributed by atoms with E-state index in [0.717, 1.165) is 18.2 Å². The zero-order chi connectivity index (χ0) is 15.0. The summed E-state index contributed by atoms with van der Waals surface area (Å²) in [4.78, 5) is 11.4. The van der Waals surface area contributed by atoms with Crippen molar-refractivity contribution in [2.45, 2.75) is 32.2 Å². The predicted molar refractivity (Wildman–Crippen MR) is 74.0 cm³/mol. The van der Waals surface area contributed by atoms with Crippen LogP contribution in [0.2, 0.25) is 0 Å². The number of rotatable bonds is 3. The molecular formula is C15H15F2N3O. The molecule has 6 heteroatoms. The van der Waals surface area contributed by atoms with Crippen molar-refractivity contribution >= 4 is 11.7 Å². The van der Waals surface area contributed by atoms with Gasteiger partial charge in [-0.05, 0) is 24.1 Å². The number of anilines is 1. The van der Waals surface area contributed by atoms with Crippen LogP contribution in [0.15, 0.2) is 24.3 Å². The Labute approximate surface area is 120 Å². The highest BCUT2D eigenvalue weighted by atomic mass is 19.1. The van der Waals surface area contributed by atoms with Crippen LogP contribution in [-0.4, -0.2) is 15.7 Å². The average Bonchev–Trinajstić information content (AvgIpc) is 2.96. The van der Waals surface area contributed by atoms with E-state index in [-0.39, 0.29) is 11.8 Å². The fourth-order valence-corrected chi connectivity index (χ4v) is 2.70. The molecule has 1 amide bonds. The normalized spacial score (nSPS) is 16.8. The van der Waals surface area contributed by atoms with Crippen LogP contribution in [0.4, 0.5) is 14.6 Å². The molecule has 1 unspecified atom stereocenters. The number of halogens is 2. The molecule has 4 nitrogen and oxygen atoms in total. The number of nitrogens with zero attached hydrogens (tertiary/aromatic N) is 2. The molecule has 1 aliphatic rings. The summed E-state index contributed by atoms with van der Waals surface area (Å²) in [6.45, 7) is 2.43. The number of amides is 1. The van der Waals surface area contributed by atoms with Crippen LogP contribution in [0.1, 0.15) is 36.9 Å². The first kappa shape index (κ1) is 13.7. The summed E-state index contributed by atoms with van der Waals surface area (Å²) in [5.74, 6) is -0.890. The molecule has 0 saturated heterocycles. The summed E-state index contributed by atoms with van der Waals surface area (Å²) < 4.78 is 28.5. The van der Waals surface area contributed by atoms with Crippen molar-refractivity contribution in [1.82, 2.24) is 9.78 Å². The number of fused-ring (bicyclic) bond motifs is 1. The number of nitrogens with one attached hydrogen (secondary N) is 1. The molecule has 1 aromatic heterocycles. The molecule has 0 radical (unpaired) electrons. The van der Waals surface area contributed by atoms with Crippen molar-refractivity contribution in [2.75, 3.05) is 5.32 Å².